The summed E-state index contributed by atoms with van der Waals surface area (Å²) in [5.74, 6) is -1.09. The van der Waals surface area contributed by atoms with Crippen molar-refractivity contribution in [2.45, 2.75) is 19.4 Å². The Morgan fingerprint density at radius 2 is 1.86 bits per heavy atom. The third-order valence-corrected chi connectivity index (χ3v) is 4.90. The van der Waals surface area contributed by atoms with E-state index in [0.29, 0.717) is 5.82 Å². The Morgan fingerprint density at radius 1 is 1.14 bits per heavy atom. The fourth-order valence-corrected chi connectivity index (χ4v) is 3.41. The summed E-state index contributed by atoms with van der Waals surface area (Å²) >= 11 is 0. The number of hydrogen-bond donors (Lipinski definition) is 3. The van der Waals surface area contributed by atoms with Crippen molar-refractivity contribution in [1.29, 1.82) is 0 Å². The lowest BCUT2D eigenvalue weighted by atomic mass is 10.0. The SMILES string of the molecule is CCc1ccccc1NC(=O)c1cnn2c1NC(C(=O)O)=CC2c1ccccc1. The molecule has 0 aliphatic carbocycles. The first kappa shape index (κ1) is 18.5. The number of aliphatic carboxylic acids is 1. The number of fused-ring (bicyclic) bond motifs is 1. The molecule has 4 rings (SSSR count). The van der Waals surface area contributed by atoms with Crippen LogP contribution in [0, 0.1) is 0 Å². The molecule has 0 bridgehead atoms. The summed E-state index contributed by atoms with van der Waals surface area (Å²) in [5.41, 5.74) is 2.91. The van der Waals surface area contributed by atoms with E-state index in [1.165, 1.54) is 6.20 Å². The van der Waals surface area contributed by atoms with E-state index in [2.05, 4.69) is 15.7 Å². The van der Waals surface area contributed by atoms with Gasteiger partial charge in [0.1, 0.15) is 17.1 Å². The van der Waals surface area contributed by atoms with Gasteiger partial charge in [-0.3, -0.25) is 4.79 Å². The van der Waals surface area contributed by atoms with Gasteiger partial charge in [0.2, 0.25) is 0 Å². The average molecular weight is 388 g/mol. The number of rotatable bonds is 5. The molecule has 3 N–H and O–H groups in total. The molecular formula is C22H20N4O3. The summed E-state index contributed by atoms with van der Waals surface area (Å²) in [6, 6.07) is 16.6. The normalized spacial score (nSPS) is 15.1. The van der Waals surface area contributed by atoms with Crippen LogP contribution in [0.15, 0.2) is 72.6 Å². The second kappa shape index (κ2) is 7.63. The van der Waals surface area contributed by atoms with Crippen LogP contribution in [0.4, 0.5) is 11.5 Å². The molecule has 29 heavy (non-hydrogen) atoms. The Kier molecular flexibility index (Phi) is 4.87. The van der Waals surface area contributed by atoms with Gasteiger partial charge in [0.15, 0.2) is 0 Å². The minimum Gasteiger partial charge on any atom is -0.477 e. The lowest BCUT2D eigenvalue weighted by molar-refractivity contribution is -0.132. The molecule has 7 heteroatoms. The van der Waals surface area contributed by atoms with Crippen LogP contribution in [-0.4, -0.2) is 26.8 Å². The van der Waals surface area contributed by atoms with E-state index >= 15 is 0 Å². The number of benzene rings is 2. The van der Waals surface area contributed by atoms with E-state index in [9.17, 15) is 14.7 Å². The van der Waals surface area contributed by atoms with Crippen LogP contribution < -0.4 is 10.6 Å². The summed E-state index contributed by atoms with van der Waals surface area (Å²) in [6.45, 7) is 2.02. The molecule has 146 valence electrons. The number of nitrogens with one attached hydrogen (secondary N) is 2. The van der Waals surface area contributed by atoms with E-state index < -0.39 is 12.0 Å². The maximum absolute atomic E-state index is 13.0. The number of amides is 1. The van der Waals surface area contributed by atoms with Crippen LogP contribution in [0.25, 0.3) is 0 Å². The van der Waals surface area contributed by atoms with Gasteiger partial charge >= 0.3 is 5.97 Å². The predicted molar refractivity (Wildman–Crippen MR) is 110 cm³/mol. The van der Waals surface area contributed by atoms with E-state index in [0.717, 1.165) is 23.2 Å². The van der Waals surface area contributed by atoms with Crippen molar-refractivity contribution in [2.24, 2.45) is 0 Å². The molecule has 1 aromatic heterocycles. The van der Waals surface area contributed by atoms with Gasteiger partial charge in [0.25, 0.3) is 5.91 Å². The van der Waals surface area contributed by atoms with Crippen LogP contribution >= 0.6 is 0 Å². The van der Waals surface area contributed by atoms with Gasteiger partial charge in [0, 0.05) is 5.69 Å². The maximum Gasteiger partial charge on any atom is 0.352 e. The van der Waals surface area contributed by atoms with E-state index in [-0.39, 0.29) is 17.2 Å². The number of anilines is 2. The zero-order chi connectivity index (χ0) is 20.4. The third kappa shape index (κ3) is 3.50. The Morgan fingerprint density at radius 3 is 2.59 bits per heavy atom. The monoisotopic (exact) mass is 388 g/mol. The molecule has 1 aliphatic heterocycles. The molecule has 1 aliphatic rings. The minimum absolute atomic E-state index is 0.00913. The summed E-state index contributed by atoms with van der Waals surface area (Å²) in [7, 11) is 0. The zero-order valence-electron chi connectivity index (χ0n) is 15.8. The molecule has 1 amide bonds. The minimum atomic E-state index is -1.10. The number of carbonyl (C=O) groups is 2. The fraction of sp³-hybridized carbons (Fsp3) is 0.136. The molecule has 0 radical (unpaired) electrons. The summed E-state index contributed by atoms with van der Waals surface area (Å²) in [4.78, 5) is 24.6. The van der Waals surface area contributed by atoms with Crippen LogP contribution in [0.3, 0.4) is 0 Å². The van der Waals surface area contributed by atoms with Crippen molar-refractivity contribution in [3.8, 4) is 0 Å². The number of hydrogen-bond acceptors (Lipinski definition) is 4. The number of carbonyl (C=O) groups excluding carboxylic acids is 1. The number of carboxylic acid groups (broad SMARTS) is 1. The highest BCUT2D eigenvalue weighted by molar-refractivity contribution is 6.08. The lowest BCUT2D eigenvalue weighted by Gasteiger charge is -2.24. The van der Waals surface area contributed by atoms with Crippen molar-refractivity contribution in [3.63, 3.8) is 0 Å². The molecule has 0 saturated heterocycles. The smallest absolute Gasteiger partial charge is 0.352 e. The van der Waals surface area contributed by atoms with Crippen molar-refractivity contribution in [2.75, 3.05) is 10.6 Å². The molecule has 2 heterocycles. The second-order valence-corrected chi connectivity index (χ2v) is 6.68. The van der Waals surface area contributed by atoms with Gasteiger partial charge in [-0.1, -0.05) is 55.5 Å². The zero-order valence-corrected chi connectivity index (χ0v) is 15.8. The lowest BCUT2D eigenvalue weighted by Crippen LogP contribution is -2.25. The first-order chi connectivity index (χ1) is 14.1. The molecule has 1 atom stereocenters. The second-order valence-electron chi connectivity index (χ2n) is 6.68. The van der Waals surface area contributed by atoms with E-state index in [1.807, 2.05) is 61.5 Å². The number of aromatic nitrogens is 2. The Labute approximate surface area is 167 Å². The summed E-state index contributed by atoms with van der Waals surface area (Å²) < 4.78 is 1.63. The van der Waals surface area contributed by atoms with Crippen molar-refractivity contribution < 1.29 is 14.7 Å². The van der Waals surface area contributed by atoms with Gasteiger partial charge in [0.05, 0.1) is 12.2 Å². The molecule has 2 aromatic carbocycles. The fourth-order valence-electron chi connectivity index (χ4n) is 3.41. The molecular weight excluding hydrogens is 368 g/mol. The van der Waals surface area contributed by atoms with Crippen molar-refractivity contribution in [1.82, 2.24) is 9.78 Å². The standard InChI is InChI=1S/C22H20N4O3/c1-2-14-8-6-7-11-17(14)25-21(27)16-13-23-26-19(15-9-4-3-5-10-15)12-18(22(28)29)24-20(16)26/h3-13,19,24H,2H2,1H3,(H,25,27)(H,28,29). The number of allylic oxidation sites excluding steroid dienone is 1. The van der Waals surface area contributed by atoms with Crippen LogP contribution in [-0.2, 0) is 11.2 Å². The van der Waals surface area contributed by atoms with Crippen LogP contribution in [0.5, 0.6) is 0 Å². The average Bonchev–Trinajstić information content (AvgIpc) is 3.18. The van der Waals surface area contributed by atoms with Crippen molar-refractivity contribution in [3.05, 3.63) is 89.3 Å². The topological polar surface area (TPSA) is 96.3 Å². The van der Waals surface area contributed by atoms with E-state index in [4.69, 9.17) is 0 Å². The maximum atomic E-state index is 13.0. The van der Waals surface area contributed by atoms with E-state index in [1.54, 1.807) is 10.8 Å². The summed E-state index contributed by atoms with van der Waals surface area (Å²) in [5, 5.41) is 19.7. The molecule has 3 aromatic rings. The number of carboxylic acids is 1. The number of para-hydroxylation sites is 1. The van der Waals surface area contributed by atoms with Crippen LogP contribution in [0.2, 0.25) is 0 Å². The molecule has 1 unspecified atom stereocenters. The summed E-state index contributed by atoms with van der Waals surface area (Å²) in [6.07, 6.45) is 3.83. The highest BCUT2D eigenvalue weighted by atomic mass is 16.4. The molecule has 0 spiro atoms. The Balaban J connectivity index is 1.72. The molecule has 7 nitrogen and oxygen atoms in total. The third-order valence-electron chi connectivity index (χ3n) is 4.90. The first-order valence-corrected chi connectivity index (χ1v) is 9.32. The highest BCUT2D eigenvalue weighted by Crippen LogP contribution is 2.32. The van der Waals surface area contributed by atoms with Gasteiger partial charge < -0.3 is 15.7 Å². The van der Waals surface area contributed by atoms with Gasteiger partial charge in [-0.15, -0.1) is 0 Å². The van der Waals surface area contributed by atoms with Gasteiger partial charge in [-0.25, -0.2) is 9.48 Å². The van der Waals surface area contributed by atoms with Gasteiger partial charge in [-0.2, -0.15) is 5.10 Å². The predicted octanol–water partition coefficient (Wildman–Crippen LogP) is 3.68. The Hall–Kier alpha value is -3.87. The van der Waals surface area contributed by atoms with Gasteiger partial charge in [-0.05, 0) is 29.7 Å². The largest absolute Gasteiger partial charge is 0.477 e. The quantitative estimate of drug-likeness (QED) is 0.620. The molecule has 0 fully saturated rings. The highest BCUT2D eigenvalue weighted by Gasteiger charge is 2.29. The number of aryl methyl sites for hydroxylation is 1. The molecule has 0 saturated carbocycles. The number of nitrogens with zero attached hydrogens (tertiary/aromatic N) is 2. The van der Waals surface area contributed by atoms with Crippen LogP contribution in [0.1, 0.15) is 34.5 Å². The first-order valence-electron chi connectivity index (χ1n) is 9.32. The Bertz CT molecular complexity index is 1100. The van der Waals surface area contributed by atoms with Crippen molar-refractivity contribution >= 4 is 23.4 Å².